The van der Waals surface area contributed by atoms with Gasteiger partial charge in [-0.25, -0.2) is 4.39 Å². The van der Waals surface area contributed by atoms with Crippen molar-refractivity contribution >= 4 is 23.3 Å². The number of aryl methyl sites for hydroxylation is 1. The van der Waals surface area contributed by atoms with Crippen molar-refractivity contribution in [2.24, 2.45) is 5.41 Å². The topological polar surface area (TPSA) is 84.9 Å². The van der Waals surface area contributed by atoms with Crippen LogP contribution in [0.3, 0.4) is 0 Å². The van der Waals surface area contributed by atoms with Gasteiger partial charge in [0.25, 0.3) is 5.91 Å². The molecule has 3 saturated carbocycles. The second-order valence-electron chi connectivity index (χ2n) is 10.7. The van der Waals surface area contributed by atoms with Gasteiger partial charge in [0.2, 0.25) is 0 Å². The largest absolute Gasteiger partial charge is 0.484 e. The van der Waals surface area contributed by atoms with Gasteiger partial charge in [-0.3, -0.25) is 9.59 Å². The van der Waals surface area contributed by atoms with Crippen molar-refractivity contribution in [3.63, 3.8) is 0 Å². The van der Waals surface area contributed by atoms with Crippen molar-refractivity contribution in [1.29, 1.82) is 0 Å². The van der Waals surface area contributed by atoms with Crippen molar-refractivity contribution in [3.05, 3.63) is 58.4 Å². The number of aliphatic hydroxyl groups excluding tert-OH is 1. The Balaban J connectivity index is 1.14. The van der Waals surface area contributed by atoms with Crippen LogP contribution in [-0.2, 0) is 9.59 Å². The van der Waals surface area contributed by atoms with Gasteiger partial charge in [-0.15, -0.1) is 0 Å². The maximum absolute atomic E-state index is 13.7. The second-order valence-corrected chi connectivity index (χ2v) is 11.1. The Labute approximate surface area is 215 Å². The van der Waals surface area contributed by atoms with E-state index in [-0.39, 0.29) is 41.5 Å². The predicted molar refractivity (Wildman–Crippen MR) is 133 cm³/mol. The molecule has 192 valence electrons. The van der Waals surface area contributed by atoms with Crippen LogP contribution in [0.5, 0.6) is 11.5 Å². The molecule has 2 bridgehead atoms. The average molecular weight is 516 g/mol. The second kappa shape index (κ2) is 9.67. The zero-order valence-electron chi connectivity index (χ0n) is 20.3. The van der Waals surface area contributed by atoms with Gasteiger partial charge >= 0.3 is 0 Å². The fourth-order valence-electron chi connectivity index (χ4n) is 5.96. The molecule has 2 aromatic carbocycles. The number of halogens is 2. The van der Waals surface area contributed by atoms with Crippen LogP contribution < -0.4 is 14.8 Å². The van der Waals surface area contributed by atoms with Crippen LogP contribution >= 0.6 is 11.6 Å². The highest BCUT2D eigenvalue weighted by atomic mass is 35.5. The van der Waals surface area contributed by atoms with Gasteiger partial charge in [0.1, 0.15) is 17.3 Å². The molecule has 1 amide bonds. The SMILES string of the molecule is Cc1ccc(OCC(=O)NC23CCC(CC(=O)[C@@H]4C[C@H](O)c5cc(Cl)ccc5O4)(CC2)CC3)cc1F. The summed E-state index contributed by atoms with van der Waals surface area (Å²) < 4.78 is 25.2. The van der Waals surface area contributed by atoms with Crippen molar-refractivity contribution in [2.75, 3.05) is 6.61 Å². The van der Waals surface area contributed by atoms with Crippen LogP contribution in [0, 0.1) is 18.2 Å². The molecule has 3 fully saturated rings. The first-order valence-corrected chi connectivity index (χ1v) is 12.9. The third kappa shape index (κ3) is 5.09. The van der Waals surface area contributed by atoms with Crippen molar-refractivity contribution in [3.8, 4) is 11.5 Å². The normalized spacial score (nSPS) is 28.7. The average Bonchev–Trinajstić information content (AvgIpc) is 2.86. The Morgan fingerprint density at radius 3 is 2.56 bits per heavy atom. The third-order valence-electron chi connectivity index (χ3n) is 8.27. The standard InChI is InChI=1S/C28H31ClFNO5/c1-17-2-4-19(13-21(17)30)35-16-26(34)31-28-9-6-27(7-10-28,8-11-28)15-23(33)25-14-22(32)20-12-18(29)3-5-24(20)36-25/h2-5,12-13,22,25,32H,6-11,14-16H2,1H3,(H,31,34)/t22-,25-,27?,28?/m0/s1. The number of ketones is 1. The summed E-state index contributed by atoms with van der Waals surface area (Å²) in [5, 5.41) is 14.2. The Morgan fingerprint density at radius 2 is 1.86 bits per heavy atom. The van der Waals surface area contributed by atoms with E-state index in [0.717, 1.165) is 38.5 Å². The van der Waals surface area contributed by atoms with Gasteiger partial charge in [-0.2, -0.15) is 0 Å². The number of amides is 1. The van der Waals surface area contributed by atoms with Gasteiger partial charge in [0.05, 0.1) is 6.10 Å². The molecular formula is C28H31ClFNO5. The fourth-order valence-corrected chi connectivity index (χ4v) is 6.14. The van der Waals surface area contributed by atoms with Gasteiger partial charge in [-0.1, -0.05) is 17.7 Å². The molecule has 0 unspecified atom stereocenters. The first-order chi connectivity index (χ1) is 17.2. The van der Waals surface area contributed by atoms with E-state index in [2.05, 4.69) is 5.32 Å². The number of aliphatic hydroxyl groups is 1. The fraction of sp³-hybridized carbons (Fsp3) is 0.500. The molecule has 2 aromatic rings. The van der Waals surface area contributed by atoms with Crippen molar-refractivity contribution < 1.29 is 28.6 Å². The van der Waals surface area contributed by atoms with Gasteiger partial charge in [0.15, 0.2) is 18.5 Å². The summed E-state index contributed by atoms with van der Waals surface area (Å²) in [7, 11) is 0. The number of fused-ring (bicyclic) bond motifs is 4. The molecular weight excluding hydrogens is 485 g/mol. The number of hydrogen-bond donors (Lipinski definition) is 2. The minimum absolute atomic E-state index is 0.0202. The highest BCUT2D eigenvalue weighted by Gasteiger charge is 2.50. The summed E-state index contributed by atoms with van der Waals surface area (Å²) in [6.07, 6.45) is 4.17. The monoisotopic (exact) mass is 515 g/mol. The predicted octanol–water partition coefficient (Wildman–Crippen LogP) is 5.22. The molecule has 0 aromatic heterocycles. The summed E-state index contributed by atoms with van der Waals surface area (Å²) >= 11 is 6.03. The zero-order chi connectivity index (χ0) is 25.5. The van der Waals surface area contributed by atoms with Crippen LogP contribution in [0.1, 0.15) is 68.6 Å². The summed E-state index contributed by atoms with van der Waals surface area (Å²) in [4.78, 5) is 25.8. The lowest BCUT2D eigenvalue weighted by Crippen LogP contribution is -2.58. The number of rotatable bonds is 7. The molecule has 1 aliphatic heterocycles. The Bertz CT molecular complexity index is 1160. The van der Waals surface area contributed by atoms with E-state index < -0.39 is 12.2 Å². The van der Waals surface area contributed by atoms with E-state index in [9.17, 15) is 19.1 Å². The van der Waals surface area contributed by atoms with Crippen molar-refractivity contribution in [2.45, 2.75) is 76.0 Å². The Kier molecular flexibility index (Phi) is 6.72. The van der Waals surface area contributed by atoms with E-state index >= 15 is 0 Å². The van der Waals surface area contributed by atoms with Gasteiger partial charge < -0.3 is 19.9 Å². The lowest BCUT2D eigenvalue weighted by Gasteiger charge is -2.53. The number of carbonyl (C=O) groups is 2. The molecule has 2 atom stereocenters. The number of nitrogens with one attached hydrogen (secondary N) is 1. The summed E-state index contributed by atoms with van der Waals surface area (Å²) in [6.45, 7) is 1.51. The number of benzene rings is 2. The molecule has 4 aliphatic rings. The molecule has 3 aliphatic carbocycles. The third-order valence-corrected chi connectivity index (χ3v) is 8.50. The van der Waals surface area contributed by atoms with Crippen LogP contribution in [0.4, 0.5) is 4.39 Å². The maximum Gasteiger partial charge on any atom is 0.258 e. The molecule has 0 spiro atoms. The minimum atomic E-state index is -0.780. The van der Waals surface area contributed by atoms with E-state index in [4.69, 9.17) is 21.1 Å². The number of carbonyl (C=O) groups excluding carboxylic acids is 2. The van der Waals surface area contributed by atoms with Crippen LogP contribution in [0.15, 0.2) is 36.4 Å². The number of Topliss-reactive ketones (excluding diaryl/α,β-unsaturated/α-hetero) is 1. The number of ether oxygens (including phenoxy) is 2. The number of hydrogen-bond acceptors (Lipinski definition) is 5. The summed E-state index contributed by atoms with van der Waals surface area (Å²) in [6, 6.07) is 9.64. The Morgan fingerprint density at radius 1 is 1.14 bits per heavy atom. The first kappa shape index (κ1) is 25.0. The molecule has 2 N–H and O–H groups in total. The van der Waals surface area contributed by atoms with Gasteiger partial charge in [-0.05, 0) is 80.7 Å². The highest BCUT2D eigenvalue weighted by Crippen LogP contribution is 2.54. The molecule has 6 nitrogen and oxygen atoms in total. The molecule has 36 heavy (non-hydrogen) atoms. The zero-order valence-corrected chi connectivity index (χ0v) is 21.1. The molecule has 8 heteroatoms. The van der Waals surface area contributed by atoms with E-state index in [1.165, 1.54) is 6.07 Å². The molecule has 0 saturated heterocycles. The molecule has 0 radical (unpaired) electrons. The molecule has 6 rings (SSSR count). The highest BCUT2D eigenvalue weighted by molar-refractivity contribution is 6.30. The lowest BCUT2D eigenvalue weighted by molar-refractivity contribution is -0.135. The maximum atomic E-state index is 13.7. The smallest absolute Gasteiger partial charge is 0.258 e. The quantitative estimate of drug-likeness (QED) is 0.528. The van der Waals surface area contributed by atoms with Crippen molar-refractivity contribution in [1.82, 2.24) is 5.32 Å². The van der Waals surface area contributed by atoms with E-state index in [1.807, 2.05) is 0 Å². The van der Waals surface area contributed by atoms with E-state index in [1.54, 1.807) is 37.3 Å². The summed E-state index contributed by atoms with van der Waals surface area (Å²) in [5.74, 6) is 0.283. The van der Waals surface area contributed by atoms with Gasteiger partial charge in [0, 0.05) is 35.0 Å². The lowest BCUT2D eigenvalue weighted by atomic mass is 9.55. The van der Waals surface area contributed by atoms with Crippen LogP contribution in [0.2, 0.25) is 5.02 Å². The summed E-state index contributed by atoms with van der Waals surface area (Å²) in [5.41, 5.74) is 0.781. The van der Waals surface area contributed by atoms with Crippen LogP contribution in [0.25, 0.3) is 0 Å². The van der Waals surface area contributed by atoms with E-state index in [0.29, 0.717) is 34.1 Å². The van der Waals surface area contributed by atoms with Crippen LogP contribution in [-0.4, -0.2) is 35.0 Å². The Hall–Kier alpha value is -2.64. The minimum Gasteiger partial charge on any atom is -0.484 e. The molecule has 1 heterocycles. The first-order valence-electron chi connectivity index (χ1n) is 12.5.